The number of guanidine groups is 2. The average molecular weight is 1230 g/mol. The molecule has 1 heterocycles. The predicted octanol–water partition coefficient (Wildman–Crippen LogP) is 6.10. The summed E-state index contributed by atoms with van der Waals surface area (Å²) >= 11 is 0. The number of phenolic OH excluding ortho intramolecular Hbond substituents is 2. The van der Waals surface area contributed by atoms with Gasteiger partial charge in [0.1, 0.15) is 46.2 Å². The number of carbonyl (C=O) groups is 10. The van der Waals surface area contributed by atoms with Crippen molar-refractivity contribution in [3.8, 4) is 11.5 Å². The van der Waals surface area contributed by atoms with Crippen LogP contribution < -0.4 is 28.7 Å². The lowest BCUT2D eigenvalue weighted by atomic mass is 9.75. The van der Waals surface area contributed by atoms with Crippen LogP contribution in [0.1, 0.15) is 169 Å². The molecule has 88 heavy (non-hydrogen) atoms. The number of amides is 2. The van der Waals surface area contributed by atoms with Gasteiger partial charge in [-0.1, -0.05) is 72.2 Å². The number of nitrogens with zero attached hydrogens (tertiary/aromatic N) is 3. The van der Waals surface area contributed by atoms with Gasteiger partial charge >= 0.3 is 5.97 Å². The maximum absolute atomic E-state index is 14.8. The zero-order valence-corrected chi connectivity index (χ0v) is 52.8. The third-order valence-corrected chi connectivity index (χ3v) is 17.1. The van der Waals surface area contributed by atoms with E-state index in [1.807, 2.05) is 34.6 Å². The van der Waals surface area contributed by atoms with Crippen LogP contribution in [0, 0.1) is 65.1 Å². The summed E-state index contributed by atoms with van der Waals surface area (Å²) in [5.41, 5.74) is 29.3. The maximum Gasteiger partial charge on any atom is 0.307 e. The number of aliphatic hydroxyl groups is 1. The number of phenols is 2. The third kappa shape index (κ3) is 26.1. The molecule has 488 valence electrons. The largest absolute Gasteiger partial charge is 0.508 e. The van der Waals surface area contributed by atoms with E-state index in [4.69, 9.17) is 28.7 Å². The Morgan fingerprint density at radius 2 is 0.966 bits per heavy atom. The number of aliphatic carboxylic acids is 1. The Labute approximate surface area is 518 Å². The molecule has 2 aromatic rings. The Kier molecular flexibility index (Phi) is 31.9. The predicted molar refractivity (Wildman–Crippen MR) is 335 cm³/mol. The van der Waals surface area contributed by atoms with Crippen molar-refractivity contribution in [2.45, 2.75) is 183 Å². The highest BCUT2D eigenvalue weighted by molar-refractivity contribution is 5.98. The number of nitrogens with two attached hydrogens (primary N) is 5. The summed E-state index contributed by atoms with van der Waals surface area (Å²) in [5, 5.41) is 41.0. The first-order valence-electron chi connectivity index (χ1n) is 31.3. The third-order valence-electron chi connectivity index (χ3n) is 17.1. The van der Waals surface area contributed by atoms with Crippen LogP contribution in [0.3, 0.4) is 0 Å². The smallest absolute Gasteiger partial charge is 0.307 e. The minimum absolute atomic E-state index is 0.0122. The molecule has 22 heteroatoms. The molecule has 2 amide bonds. The Balaban J connectivity index is 1.89. The summed E-state index contributed by atoms with van der Waals surface area (Å²) in [6.45, 7) is 13.1. The highest BCUT2D eigenvalue weighted by atomic mass is 16.4. The number of carbonyl (C=O) groups excluding carboxylic acids is 9. The van der Waals surface area contributed by atoms with E-state index in [-0.39, 0.29) is 137 Å². The van der Waals surface area contributed by atoms with Gasteiger partial charge < -0.3 is 54.0 Å². The minimum atomic E-state index is -1.39. The second-order valence-corrected chi connectivity index (χ2v) is 25.3. The van der Waals surface area contributed by atoms with Gasteiger partial charge in [0.05, 0.1) is 24.0 Å². The Morgan fingerprint density at radius 3 is 1.45 bits per heavy atom. The molecule has 22 nitrogen and oxygen atoms in total. The summed E-state index contributed by atoms with van der Waals surface area (Å²) in [4.78, 5) is 150. The highest BCUT2D eigenvalue weighted by Gasteiger charge is 2.42. The molecule has 1 saturated heterocycles. The van der Waals surface area contributed by atoms with Crippen molar-refractivity contribution in [2.24, 2.45) is 104 Å². The molecule has 2 aromatic carbocycles. The molecule has 11 atom stereocenters. The van der Waals surface area contributed by atoms with Gasteiger partial charge in [-0.3, -0.25) is 57.9 Å². The standard InChI is InChI=1S/C66H100N8O14/c1-8-40(6)52(36-58(81)47(27-39(4)5)32-57(80)48(35-62(67)85)33-56(79)46(26-38(2)3)28-42-15-19-50(76)20-16-42)60(83)37-53(41(7)75)59(82)31-45(13-10-24-73-66(70)71)63(86)74-25-11-14-54(74)61(84)30-44(12-9-23-72-65(68)69)55(78)34-49(64(87)88)29-43-17-21-51(77)22-18-43/h15-22,38-41,44-49,52-54,75-77H,8-14,23-37H2,1-7H3,(H2,67,85)(H,87,88)(H4,68,69,72)(H4,70,71,73). The molecule has 3 rings (SSSR count). The number of carboxylic acid groups (broad SMARTS) is 1. The monoisotopic (exact) mass is 1230 g/mol. The number of hydrogen-bond donors (Lipinski definition) is 9. The number of primary amides is 1. The van der Waals surface area contributed by atoms with E-state index in [1.54, 1.807) is 31.2 Å². The molecule has 0 spiro atoms. The first kappa shape index (κ1) is 74.9. The zero-order chi connectivity index (χ0) is 65.9. The van der Waals surface area contributed by atoms with Crippen molar-refractivity contribution >= 4 is 70.2 Å². The second-order valence-electron chi connectivity index (χ2n) is 25.3. The van der Waals surface area contributed by atoms with Crippen molar-refractivity contribution in [2.75, 3.05) is 19.6 Å². The molecule has 1 aliphatic heterocycles. The number of Topliss-reactive ketones (excluding diaryl/α,β-unsaturated/α-hetero) is 7. The van der Waals surface area contributed by atoms with Crippen LogP contribution in [-0.2, 0) is 60.8 Å². The van der Waals surface area contributed by atoms with Crippen molar-refractivity contribution in [3.63, 3.8) is 0 Å². The van der Waals surface area contributed by atoms with Crippen LogP contribution in [0.5, 0.6) is 11.5 Å². The Morgan fingerprint density at radius 1 is 0.534 bits per heavy atom. The Hall–Kier alpha value is -7.36. The van der Waals surface area contributed by atoms with Crippen molar-refractivity contribution in [1.29, 1.82) is 0 Å². The van der Waals surface area contributed by atoms with E-state index in [2.05, 4.69) is 9.98 Å². The average Bonchev–Trinajstić information content (AvgIpc) is 1.94. The van der Waals surface area contributed by atoms with Crippen LogP contribution in [0.15, 0.2) is 58.5 Å². The number of aromatic hydroxyl groups is 2. The van der Waals surface area contributed by atoms with E-state index in [0.29, 0.717) is 31.2 Å². The quantitative estimate of drug-likeness (QED) is 0.0205. The lowest BCUT2D eigenvalue weighted by Crippen LogP contribution is -2.45. The fourth-order valence-electron chi connectivity index (χ4n) is 12.0. The van der Waals surface area contributed by atoms with Crippen LogP contribution in [0.4, 0.5) is 0 Å². The van der Waals surface area contributed by atoms with E-state index in [9.17, 15) is 68.4 Å². The van der Waals surface area contributed by atoms with Gasteiger partial charge in [0.2, 0.25) is 11.8 Å². The molecule has 14 N–H and O–H groups in total. The lowest BCUT2D eigenvalue weighted by molar-refractivity contribution is -0.145. The SMILES string of the molecule is CCC(C)C(CC(=O)C(CC(=O)C(CC(N)=O)CC(=O)C(Cc1ccc(O)cc1)CC(C)C)CC(C)C)C(=O)CC(C(=O)CC(CCCN=C(N)N)C(=O)N1CCCC1C(=O)CC(CCCN=C(N)N)C(=O)CC(Cc1ccc(O)cc1)C(=O)O)C(C)O. The first-order valence-corrected chi connectivity index (χ1v) is 31.3. The van der Waals surface area contributed by atoms with Gasteiger partial charge in [0.25, 0.3) is 0 Å². The Bertz CT molecular complexity index is 2720. The minimum Gasteiger partial charge on any atom is -0.508 e. The fourth-order valence-corrected chi connectivity index (χ4v) is 12.0. The summed E-state index contributed by atoms with van der Waals surface area (Å²) in [6, 6.07) is 11.4. The zero-order valence-electron chi connectivity index (χ0n) is 52.8. The van der Waals surface area contributed by atoms with Crippen LogP contribution >= 0.6 is 0 Å². The lowest BCUT2D eigenvalue weighted by Gasteiger charge is -2.30. The normalized spacial score (nSPS) is 16.7. The van der Waals surface area contributed by atoms with Crippen molar-refractivity contribution < 1.29 is 68.4 Å². The number of rotatable bonds is 44. The molecule has 0 aromatic heterocycles. The fraction of sp³-hybridized carbons (Fsp3) is 0.636. The molecule has 0 aliphatic carbocycles. The van der Waals surface area contributed by atoms with Crippen LogP contribution in [0.25, 0.3) is 0 Å². The highest BCUT2D eigenvalue weighted by Crippen LogP contribution is 2.34. The molecule has 0 bridgehead atoms. The molecular formula is C66H100N8O14. The first-order chi connectivity index (χ1) is 41.4. The number of aliphatic hydroxyl groups excluding tert-OH is 1. The summed E-state index contributed by atoms with van der Waals surface area (Å²) in [6.07, 6.45) is -1.40. The molecule has 0 radical (unpaired) electrons. The maximum atomic E-state index is 14.8. The molecule has 1 aliphatic rings. The molecule has 11 unspecified atom stereocenters. The van der Waals surface area contributed by atoms with Gasteiger partial charge in [-0.15, -0.1) is 0 Å². The number of carboxylic acids is 1. The van der Waals surface area contributed by atoms with E-state index < -0.39 is 138 Å². The molecular weight excluding hydrogens is 1130 g/mol. The number of benzene rings is 2. The van der Waals surface area contributed by atoms with Crippen LogP contribution in [-0.4, -0.2) is 127 Å². The summed E-state index contributed by atoms with van der Waals surface area (Å²) < 4.78 is 0. The van der Waals surface area contributed by atoms with Gasteiger partial charge in [0, 0.05) is 107 Å². The van der Waals surface area contributed by atoms with E-state index in [1.165, 1.54) is 36.1 Å². The number of hydrogen-bond acceptors (Lipinski definition) is 15. The number of likely N-dealkylation sites (tertiary alicyclic amines) is 1. The molecule has 1 fully saturated rings. The van der Waals surface area contributed by atoms with Gasteiger partial charge in [-0.2, -0.15) is 0 Å². The summed E-state index contributed by atoms with van der Waals surface area (Å²) in [7, 11) is 0. The molecule has 0 saturated carbocycles. The van der Waals surface area contributed by atoms with Crippen LogP contribution in [0.2, 0.25) is 0 Å². The van der Waals surface area contributed by atoms with Crippen molar-refractivity contribution in [1.82, 2.24) is 4.90 Å². The number of aliphatic imine (C=N–C) groups is 2. The number of ketones is 7. The van der Waals surface area contributed by atoms with Gasteiger partial charge in [0.15, 0.2) is 17.7 Å². The summed E-state index contributed by atoms with van der Waals surface area (Å²) in [5.74, 6) is -14.2. The van der Waals surface area contributed by atoms with Gasteiger partial charge in [-0.25, -0.2) is 0 Å². The van der Waals surface area contributed by atoms with Crippen molar-refractivity contribution in [3.05, 3.63) is 59.7 Å². The van der Waals surface area contributed by atoms with E-state index in [0.717, 1.165) is 5.56 Å². The second kappa shape index (κ2) is 37.5. The van der Waals surface area contributed by atoms with Gasteiger partial charge in [-0.05, 0) is 124 Å². The van der Waals surface area contributed by atoms with E-state index >= 15 is 0 Å². The topological polar surface area (TPSA) is 410 Å².